The lowest BCUT2D eigenvalue weighted by Gasteiger charge is -2.58. The minimum atomic E-state index is -3.65. The fourth-order valence-corrected chi connectivity index (χ4v) is 6.23. The van der Waals surface area contributed by atoms with Gasteiger partial charge in [0.05, 0.1) is 11.8 Å². The summed E-state index contributed by atoms with van der Waals surface area (Å²) in [6, 6.07) is 9.11. The van der Waals surface area contributed by atoms with Crippen molar-refractivity contribution in [3.63, 3.8) is 0 Å². The Hall–Kier alpha value is -2.85. The Bertz CT molecular complexity index is 1250. The summed E-state index contributed by atoms with van der Waals surface area (Å²) >= 11 is 0. The molecule has 3 aliphatic rings. The molecule has 1 amide bonds. The zero-order chi connectivity index (χ0) is 26.2. The van der Waals surface area contributed by atoms with Gasteiger partial charge in [0, 0.05) is 24.6 Å². The van der Waals surface area contributed by atoms with Crippen LogP contribution in [0.5, 0.6) is 0 Å². The van der Waals surface area contributed by atoms with Gasteiger partial charge in [0.15, 0.2) is 6.10 Å². The zero-order valence-electron chi connectivity index (χ0n) is 20.4. The molecular weight excluding hydrogens is 490 g/mol. The number of nitrogens with one attached hydrogen (secondary N) is 1. The predicted octanol–water partition coefficient (Wildman–Crippen LogP) is 3.42. The number of sulfonamides is 1. The van der Waals surface area contributed by atoms with Crippen molar-refractivity contribution in [3.8, 4) is 11.1 Å². The van der Waals surface area contributed by atoms with Crippen molar-refractivity contribution < 1.29 is 31.5 Å². The molecule has 36 heavy (non-hydrogen) atoms. The van der Waals surface area contributed by atoms with E-state index in [2.05, 4.69) is 4.72 Å². The highest BCUT2D eigenvalue weighted by Crippen LogP contribution is 2.45. The molecule has 2 bridgehead atoms. The van der Waals surface area contributed by atoms with Crippen LogP contribution in [0.2, 0.25) is 0 Å². The van der Waals surface area contributed by atoms with Gasteiger partial charge in [-0.2, -0.15) is 0 Å². The summed E-state index contributed by atoms with van der Waals surface area (Å²) in [5.74, 6) is -2.57. The number of rotatable bonds is 8. The summed E-state index contributed by atoms with van der Waals surface area (Å²) in [4.78, 5) is 26.4. The van der Waals surface area contributed by atoms with Gasteiger partial charge < -0.3 is 9.64 Å². The third-order valence-electron chi connectivity index (χ3n) is 7.09. The number of carbonyl (C=O) groups excluding carboxylic acids is 2. The van der Waals surface area contributed by atoms with E-state index in [-0.39, 0.29) is 35.3 Å². The van der Waals surface area contributed by atoms with Crippen molar-refractivity contribution in [1.82, 2.24) is 9.62 Å². The fraction of sp³-hybridized carbons (Fsp3) is 0.462. The van der Waals surface area contributed by atoms with Crippen LogP contribution in [0.15, 0.2) is 42.5 Å². The quantitative estimate of drug-likeness (QED) is 0.539. The largest absolute Gasteiger partial charge is 0.453 e. The lowest BCUT2D eigenvalue weighted by molar-refractivity contribution is -0.168. The van der Waals surface area contributed by atoms with Gasteiger partial charge in [0.2, 0.25) is 10.0 Å². The molecule has 2 saturated heterocycles. The Balaban J connectivity index is 1.75. The number of ether oxygens (including phenoxy) is 1. The Morgan fingerprint density at radius 1 is 1.17 bits per heavy atom. The highest BCUT2D eigenvalue weighted by molar-refractivity contribution is 7.89. The number of halogens is 2. The summed E-state index contributed by atoms with van der Waals surface area (Å²) < 4.78 is 63.2. The monoisotopic (exact) mass is 520 g/mol. The smallest absolute Gasteiger partial charge is 0.303 e. The second kappa shape index (κ2) is 10.3. The first-order valence-electron chi connectivity index (χ1n) is 12.0. The number of carbonyl (C=O) groups is 2. The number of amides is 1. The third-order valence-corrected chi connectivity index (χ3v) is 8.48. The third kappa shape index (κ3) is 5.29. The van der Waals surface area contributed by atoms with Crippen LogP contribution >= 0.6 is 0 Å². The number of nitrogens with zero attached hydrogens (tertiary/aromatic N) is 1. The van der Waals surface area contributed by atoms with Crippen molar-refractivity contribution >= 4 is 21.9 Å². The lowest BCUT2D eigenvalue weighted by Crippen LogP contribution is -2.71. The molecule has 0 aromatic heterocycles. The Morgan fingerprint density at radius 2 is 1.83 bits per heavy atom. The Labute approximate surface area is 209 Å². The first-order chi connectivity index (χ1) is 17.0. The van der Waals surface area contributed by atoms with E-state index in [4.69, 9.17) is 4.74 Å². The summed E-state index contributed by atoms with van der Waals surface area (Å²) in [6.07, 6.45) is -0.0475. The SMILES string of the molecule is CCS(=O)(=O)NC1C2CC(C2)N(C(=O)[C@@H](C)OC(C)=O)C1Cc1cc(F)cc(-c2ccccc2)c1F. The van der Waals surface area contributed by atoms with Crippen LogP contribution < -0.4 is 4.72 Å². The first kappa shape index (κ1) is 26.2. The van der Waals surface area contributed by atoms with E-state index < -0.39 is 51.7 Å². The molecule has 2 aromatic rings. The molecule has 7 nitrogen and oxygen atoms in total. The first-order valence-corrected chi connectivity index (χ1v) is 13.7. The highest BCUT2D eigenvalue weighted by Gasteiger charge is 2.54. The molecule has 3 fully saturated rings. The summed E-state index contributed by atoms with van der Waals surface area (Å²) in [7, 11) is -3.65. The Morgan fingerprint density at radius 3 is 2.44 bits per heavy atom. The van der Waals surface area contributed by atoms with Crippen LogP contribution in [0.1, 0.15) is 39.2 Å². The standard InChI is InChI=1S/C26H30F2N2O5S/c1-4-36(33,34)29-25-19-11-21(12-19)30(26(32)15(2)35-16(3)31)23(25)13-18-10-20(27)14-22(24(18)28)17-8-6-5-7-9-17/h5-10,14-15,19,21,23,25,29H,4,11-13H2,1-3H3/t15-,19?,21?,23?,25?/m1/s1. The molecule has 0 spiro atoms. The van der Waals surface area contributed by atoms with Crippen molar-refractivity contribution in [2.75, 3.05) is 5.75 Å². The van der Waals surface area contributed by atoms with Crippen molar-refractivity contribution in [3.05, 3.63) is 59.7 Å². The minimum absolute atomic E-state index is 0.0405. The van der Waals surface area contributed by atoms with Crippen LogP contribution in [0.25, 0.3) is 11.1 Å². The van der Waals surface area contributed by atoms with Gasteiger partial charge in [-0.1, -0.05) is 30.3 Å². The number of hydrogen-bond acceptors (Lipinski definition) is 5. The van der Waals surface area contributed by atoms with Crippen molar-refractivity contribution in [2.24, 2.45) is 5.92 Å². The topological polar surface area (TPSA) is 92.8 Å². The average molecular weight is 521 g/mol. The molecule has 0 radical (unpaired) electrons. The molecule has 5 rings (SSSR count). The molecule has 3 atom stereocenters. The van der Waals surface area contributed by atoms with Crippen LogP contribution in [0.4, 0.5) is 8.78 Å². The van der Waals surface area contributed by atoms with E-state index >= 15 is 4.39 Å². The maximum absolute atomic E-state index is 15.7. The highest BCUT2D eigenvalue weighted by atomic mass is 32.2. The molecule has 2 unspecified atom stereocenters. The second-order valence-electron chi connectivity index (χ2n) is 9.49. The van der Waals surface area contributed by atoms with Crippen LogP contribution in [-0.4, -0.2) is 55.2 Å². The lowest BCUT2D eigenvalue weighted by atomic mass is 9.66. The van der Waals surface area contributed by atoms with Gasteiger partial charge in [-0.3, -0.25) is 9.59 Å². The van der Waals surface area contributed by atoms with E-state index in [1.54, 1.807) is 30.3 Å². The predicted molar refractivity (Wildman–Crippen MR) is 130 cm³/mol. The van der Waals surface area contributed by atoms with Gasteiger partial charge in [0.1, 0.15) is 11.6 Å². The van der Waals surface area contributed by atoms with Crippen LogP contribution in [0.3, 0.4) is 0 Å². The van der Waals surface area contributed by atoms with Gasteiger partial charge >= 0.3 is 5.97 Å². The number of piperidine rings is 2. The van der Waals surface area contributed by atoms with Gasteiger partial charge in [-0.05, 0) is 62.3 Å². The van der Waals surface area contributed by atoms with Crippen molar-refractivity contribution in [1.29, 1.82) is 0 Å². The van der Waals surface area contributed by atoms with Gasteiger partial charge in [-0.15, -0.1) is 0 Å². The number of esters is 1. The molecular formula is C26H30F2N2O5S. The summed E-state index contributed by atoms with van der Waals surface area (Å²) in [5.41, 5.74) is 0.629. The van der Waals surface area contributed by atoms with E-state index in [0.717, 1.165) is 12.1 Å². The Kier molecular flexibility index (Phi) is 7.47. The fourth-order valence-electron chi connectivity index (χ4n) is 5.30. The molecule has 1 saturated carbocycles. The molecule has 194 valence electrons. The normalized spacial score (nSPS) is 24.1. The van der Waals surface area contributed by atoms with E-state index in [9.17, 15) is 22.4 Å². The van der Waals surface area contributed by atoms with E-state index in [1.807, 2.05) is 0 Å². The second-order valence-corrected chi connectivity index (χ2v) is 11.5. The van der Waals surface area contributed by atoms with Crippen molar-refractivity contribution in [2.45, 2.75) is 64.3 Å². The number of fused-ring (bicyclic) bond motifs is 2. The van der Waals surface area contributed by atoms with Crippen LogP contribution in [-0.2, 0) is 30.8 Å². The van der Waals surface area contributed by atoms with Gasteiger partial charge in [0.25, 0.3) is 5.91 Å². The molecule has 2 aromatic carbocycles. The molecule has 10 heteroatoms. The molecule has 1 N–H and O–H groups in total. The van der Waals surface area contributed by atoms with E-state index in [0.29, 0.717) is 18.4 Å². The molecule has 2 aliphatic heterocycles. The van der Waals surface area contributed by atoms with Crippen LogP contribution in [0, 0.1) is 17.6 Å². The summed E-state index contributed by atoms with van der Waals surface area (Å²) in [6.45, 7) is 4.16. The maximum Gasteiger partial charge on any atom is 0.303 e. The molecule has 1 aliphatic carbocycles. The number of hydrogen-bond donors (Lipinski definition) is 1. The maximum atomic E-state index is 15.7. The molecule has 2 heterocycles. The van der Waals surface area contributed by atoms with Gasteiger partial charge in [-0.25, -0.2) is 21.9 Å². The number of benzene rings is 2. The minimum Gasteiger partial charge on any atom is -0.453 e. The average Bonchev–Trinajstić information content (AvgIpc) is 2.80. The summed E-state index contributed by atoms with van der Waals surface area (Å²) in [5, 5.41) is 0. The van der Waals surface area contributed by atoms with E-state index in [1.165, 1.54) is 25.7 Å². The zero-order valence-corrected chi connectivity index (χ0v) is 21.2.